The lowest BCUT2D eigenvalue weighted by Crippen LogP contribution is -2.44. The highest BCUT2D eigenvalue weighted by atomic mass is 16.5. The van der Waals surface area contributed by atoms with Crippen LogP contribution in [0.2, 0.25) is 0 Å². The van der Waals surface area contributed by atoms with Crippen molar-refractivity contribution in [2.75, 3.05) is 13.2 Å². The van der Waals surface area contributed by atoms with Crippen molar-refractivity contribution in [3.05, 3.63) is 0 Å². The monoisotopic (exact) mass is 296 g/mol. The van der Waals surface area contributed by atoms with Gasteiger partial charge >= 0.3 is 0 Å². The van der Waals surface area contributed by atoms with Crippen LogP contribution in [-0.4, -0.2) is 37.6 Å². The molecular formula is C18H32O3. The molecule has 0 aromatic carbocycles. The maximum absolute atomic E-state index is 6.56. The average Bonchev–Trinajstić information content (AvgIpc) is 3.19. The Kier molecular flexibility index (Phi) is 4.37. The molecule has 0 aromatic heterocycles. The molecule has 3 nitrogen and oxygen atoms in total. The number of ether oxygens (including phenoxy) is 3. The lowest BCUT2D eigenvalue weighted by molar-refractivity contribution is -0.131. The van der Waals surface area contributed by atoms with E-state index in [1.807, 2.05) is 0 Å². The van der Waals surface area contributed by atoms with E-state index in [2.05, 4.69) is 27.7 Å². The number of rotatable bonds is 4. The summed E-state index contributed by atoms with van der Waals surface area (Å²) in [7, 11) is 0. The van der Waals surface area contributed by atoms with Gasteiger partial charge in [-0.05, 0) is 38.5 Å². The molecule has 3 aliphatic rings. The average molecular weight is 296 g/mol. The molecular weight excluding hydrogens is 264 g/mol. The van der Waals surface area contributed by atoms with Crippen LogP contribution in [0.3, 0.4) is 0 Å². The highest BCUT2D eigenvalue weighted by molar-refractivity contribution is 4.98. The van der Waals surface area contributed by atoms with Crippen LogP contribution in [-0.2, 0) is 14.2 Å². The Morgan fingerprint density at radius 3 is 1.38 bits per heavy atom. The predicted molar refractivity (Wildman–Crippen MR) is 83.4 cm³/mol. The third-order valence-electron chi connectivity index (χ3n) is 6.20. The molecule has 122 valence electrons. The molecule has 3 aliphatic heterocycles. The molecule has 0 radical (unpaired) electrons. The normalized spacial score (nSPS) is 38.3. The third kappa shape index (κ3) is 2.89. The van der Waals surface area contributed by atoms with Crippen molar-refractivity contribution in [2.45, 2.75) is 90.6 Å². The van der Waals surface area contributed by atoms with Gasteiger partial charge in [0.25, 0.3) is 0 Å². The van der Waals surface area contributed by atoms with Gasteiger partial charge in [0.1, 0.15) is 0 Å². The highest BCUT2D eigenvalue weighted by Crippen LogP contribution is 2.46. The fourth-order valence-electron chi connectivity index (χ4n) is 4.48. The van der Waals surface area contributed by atoms with Gasteiger partial charge < -0.3 is 14.2 Å². The van der Waals surface area contributed by atoms with E-state index in [1.165, 1.54) is 25.7 Å². The van der Waals surface area contributed by atoms with Gasteiger partial charge in [0.15, 0.2) is 0 Å². The van der Waals surface area contributed by atoms with Gasteiger partial charge in [0.05, 0.1) is 24.4 Å². The fourth-order valence-corrected chi connectivity index (χ4v) is 4.48. The fraction of sp³-hybridized carbons (Fsp3) is 1.00. The second-order valence-corrected chi connectivity index (χ2v) is 8.34. The van der Waals surface area contributed by atoms with Crippen LogP contribution in [0, 0.1) is 10.8 Å². The van der Waals surface area contributed by atoms with Crippen LogP contribution in [0.15, 0.2) is 0 Å². The van der Waals surface area contributed by atoms with Crippen LogP contribution < -0.4 is 0 Å². The Bertz CT molecular complexity index is 317. The van der Waals surface area contributed by atoms with Crippen molar-refractivity contribution in [3.8, 4) is 0 Å². The van der Waals surface area contributed by atoms with Gasteiger partial charge in [-0.2, -0.15) is 0 Å². The van der Waals surface area contributed by atoms with E-state index < -0.39 is 0 Å². The zero-order valence-electron chi connectivity index (χ0n) is 14.2. The van der Waals surface area contributed by atoms with E-state index in [-0.39, 0.29) is 10.8 Å². The van der Waals surface area contributed by atoms with Gasteiger partial charge in [0, 0.05) is 24.0 Å². The van der Waals surface area contributed by atoms with Gasteiger partial charge in [-0.15, -0.1) is 0 Å². The molecule has 0 aromatic rings. The molecule has 3 heteroatoms. The summed E-state index contributed by atoms with van der Waals surface area (Å²) in [5.41, 5.74) is 0.246. The number of hydrogen-bond acceptors (Lipinski definition) is 3. The van der Waals surface area contributed by atoms with Gasteiger partial charge in [-0.3, -0.25) is 0 Å². The molecule has 0 unspecified atom stereocenters. The van der Waals surface area contributed by atoms with Crippen LogP contribution in [0.1, 0.15) is 66.2 Å². The molecule has 0 bridgehead atoms. The Morgan fingerprint density at radius 1 is 0.619 bits per heavy atom. The van der Waals surface area contributed by atoms with Crippen molar-refractivity contribution in [1.29, 1.82) is 0 Å². The quantitative estimate of drug-likeness (QED) is 0.786. The smallest absolute Gasteiger partial charge is 0.0655 e. The summed E-state index contributed by atoms with van der Waals surface area (Å²) in [6.45, 7) is 11.2. The van der Waals surface area contributed by atoms with E-state index in [4.69, 9.17) is 14.2 Å². The topological polar surface area (TPSA) is 27.7 Å². The molecule has 21 heavy (non-hydrogen) atoms. The van der Waals surface area contributed by atoms with Gasteiger partial charge in [-0.25, -0.2) is 0 Å². The first-order chi connectivity index (χ1) is 9.92. The van der Waals surface area contributed by atoms with Crippen LogP contribution in [0.4, 0.5) is 0 Å². The van der Waals surface area contributed by atoms with E-state index in [0.717, 1.165) is 26.1 Å². The molecule has 3 saturated heterocycles. The molecule has 4 atom stereocenters. The largest absolute Gasteiger partial charge is 0.378 e. The van der Waals surface area contributed by atoms with Crippen LogP contribution >= 0.6 is 0 Å². The molecule has 0 amide bonds. The summed E-state index contributed by atoms with van der Waals surface area (Å²) in [5, 5.41) is 0. The summed E-state index contributed by atoms with van der Waals surface area (Å²) in [6.07, 6.45) is 8.48. The molecule has 3 heterocycles. The second kappa shape index (κ2) is 5.82. The van der Waals surface area contributed by atoms with Crippen molar-refractivity contribution in [1.82, 2.24) is 0 Å². The SMILES string of the molecule is CC(C)([C@@H]1CCCO1)[C@@H]1CC[C@H](C(C)(C)[C@H]2CCCO2)O1. The van der Waals surface area contributed by atoms with Crippen molar-refractivity contribution in [2.24, 2.45) is 10.8 Å². The molecule has 0 spiro atoms. The maximum atomic E-state index is 6.56. The Morgan fingerprint density at radius 2 is 1.05 bits per heavy atom. The standard InChI is InChI=1S/C18H32O3/c1-17(2,13-7-5-11-19-13)15-9-10-16(21-15)18(3,4)14-8-6-12-20-14/h13-16H,5-12H2,1-4H3/t13-,14+,15-,16+. The molecule has 3 rings (SSSR count). The second-order valence-electron chi connectivity index (χ2n) is 8.34. The zero-order chi connectivity index (χ0) is 15.1. The lowest BCUT2D eigenvalue weighted by Gasteiger charge is -2.40. The van der Waals surface area contributed by atoms with Gasteiger partial charge in [-0.1, -0.05) is 27.7 Å². The minimum absolute atomic E-state index is 0.123. The lowest BCUT2D eigenvalue weighted by atomic mass is 9.77. The highest BCUT2D eigenvalue weighted by Gasteiger charge is 2.49. The minimum Gasteiger partial charge on any atom is -0.378 e. The molecule has 3 fully saturated rings. The van der Waals surface area contributed by atoms with E-state index >= 15 is 0 Å². The predicted octanol–water partition coefficient (Wildman–Crippen LogP) is 3.94. The summed E-state index contributed by atoms with van der Waals surface area (Å²) in [6, 6.07) is 0. The van der Waals surface area contributed by atoms with Gasteiger partial charge in [0.2, 0.25) is 0 Å². The number of hydrogen-bond donors (Lipinski definition) is 0. The summed E-state index contributed by atoms with van der Waals surface area (Å²) >= 11 is 0. The minimum atomic E-state index is 0.123. The van der Waals surface area contributed by atoms with Crippen LogP contribution in [0.25, 0.3) is 0 Å². The molecule has 0 aliphatic carbocycles. The Balaban J connectivity index is 1.64. The summed E-state index contributed by atoms with van der Waals surface area (Å²) in [5.74, 6) is 0. The molecule has 0 saturated carbocycles. The van der Waals surface area contributed by atoms with E-state index in [0.29, 0.717) is 24.4 Å². The first kappa shape index (κ1) is 15.8. The third-order valence-corrected chi connectivity index (χ3v) is 6.20. The first-order valence-corrected chi connectivity index (χ1v) is 8.81. The van der Waals surface area contributed by atoms with Crippen molar-refractivity contribution >= 4 is 0 Å². The summed E-state index contributed by atoms with van der Waals surface area (Å²) in [4.78, 5) is 0. The zero-order valence-corrected chi connectivity index (χ0v) is 14.2. The Hall–Kier alpha value is -0.120. The maximum Gasteiger partial charge on any atom is 0.0655 e. The van der Waals surface area contributed by atoms with Crippen LogP contribution in [0.5, 0.6) is 0 Å². The van der Waals surface area contributed by atoms with Crippen molar-refractivity contribution < 1.29 is 14.2 Å². The molecule has 0 N–H and O–H groups in total. The first-order valence-electron chi connectivity index (χ1n) is 8.81. The summed E-state index contributed by atoms with van der Waals surface area (Å²) < 4.78 is 18.4. The van der Waals surface area contributed by atoms with E-state index in [1.54, 1.807) is 0 Å². The van der Waals surface area contributed by atoms with Crippen molar-refractivity contribution in [3.63, 3.8) is 0 Å². The van der Waals surface area contributed by atoms with E-state index in [9.17, 15) is 0 Å². The Labute approximate surface area is 129 Å².